The van der Waals surface area contributed by atoms with Crippen molar-refractivity contribution in [3.8, 4) is 5.75 Å². The normalized spacial score (nSPS) is 10.2. The molecule has 0 aromatic heterocycles. The summed E-state index contributed by atoms with van der Waals surface area (Å²) in [7, 11) is 0. The maximum Gasteiger partial charge on any atom is 0.224 e. The molecule has 2 aromatic carbocycles. The van der Waals surface area contributed by atoms with Gasteiger partial charge in [-0.15, -0.1) is 0 Å². The monoisotopic (exact) mass is 375 g/mol. The van der Waals surface area contributed by atoms with Crippen molar-refractivity contribution in [2.75, 3.05) is 11.9 Å². The second-order valence-electron chi connectivity index (χ2n) is 5.09. The zero-order chi connectivity index (χ0) is 16.7. The van der Waals surface area contributed by atoms with Gasteiger partial charge in [-0.3, -0.25) is 9.59 Å². The van der Waals surface area contributed by atoms with Gasteiger partial charge in [0.25, 0.3) is 0 Å². The van der Waals surface area contributed by atoms with Crippen LogP contribution in [0.2, 0.25) is 0 Å². The average molecular weight is 376 g/mol. The molecule has 0 bridgehead atoms. The second-order valence-corrected chi connectivity index (χ2v) is 6.01. The van der Waals surface area contributed by atoms with E-state index in [1.54, 1.807) is 24.3 Å². The first kappa shape index (κ1) is 17.2. The summed E-state index contributed by atoms with van der Waals surface area (Å²) < 4.78 is 6.54. The summed E-state index contributed by atoms with van der Waals surface area (Å²) in [6.07, 6.45) is 0.975. The Morgan fingerprint density at radius 2 is 1.91 bits per heavy atom. The van der Waals surface area contributed by atoms with Crippen LogP contribution in [0.25, 0.3) is 0 Å². The van der Waals surface area contributed by atoms with Gasteiger partial charge >= 0.3 is 0 Å². The predicted molar refractivity (Wildman–Crippen MR) is 93.9 cm³/mol. The van der Waals surface area contributed by atoms with Crippen molar-refractivity contribution in [1.29, 1.82) is 0 Å². The molecule has 5 heteroatoms. The Balaban J connectivity index is 1.75. The summed E-state index contributed by atoms with van der Waals surface area (Å²) in [5.74, 6) is 0.654. The molecule has 1 N–H and O–H groups in total. The third-order valence-electron chi connectivity index (χ3n) is 3.17. The molecule has 2 aromatic rings. The van der Waals surface area contributed by atoms with Crippen LogP contribution in [-0.4, -0.2) is 18.3 Å². The number of carbonyl (C=O) groups excluding carboxylic acids is 2. The van der Waals surface area contributed by atoms with Crippen LogP contribution in [0.3, 0.4) is 0 Å². The number of halogens is 1. The Labute approximate surface area is 144 Å². The van der Waals surface area contributed by atoms with Crippen LogP contribution in [0.4, 0.5) is 5.69 Å². The van der Waals surface area contributed by atoms with Gasteiger partial charge in [0.1, 0.15) is 5.75 Å². The highest BCUT2D eigenvalue weighted by Crippen LogP contribution is 2.18. The van der Waals surface area contributed by atoms with E-state index < -0.39 is 0 Å². The van der Waals surface area contributed by atoms with Crippen molar-refractivity contribution < 1.29 is 14.3 Å². The van der Waals surface area contributed by atoms with E-state index in [2.05, 4.69) is 21.2 Å². The number of rotatable bonds is 7. The van der Waals surface area contributed by atoms with Crippen molar-refractivity contribution >= 4 is 33.3 Å². The lowest BCUT2D eigenvalue weighted by Gasteiger charge is -2.08. The fourth-order valence-electron chi connectivity index (χ4n) is 2.02. The van der Waals surface area contributed by atoms with Crippen LogP contribution < -0.4 is 10.1 Å². The number of carbonyl (C=O) groups is 2. The van der Waals surface area contributed by atoms with Gasteiger partial charge in [0.15, 0.2) is 5.78 Å². The molecule has 0 heterocycles. The van der Waals surface area contributed by atoms with E-state index in [9.17, 15) is 9.59 Å². The highest BCUT2D eigenvalue weighted by Gasteiger charge is 2.05. The number of amides is 1. The largest absolute Gasteiger partial charge is 0.494 e. The Bertz CT molecular complexity index is 700. The Kier molecular flexibility index (Phi) is 6.35. The molecule has 1 amide bonds. The van der Waals surface area contributed by atoms with Crippen LogP contribution in [-0.2, 0) is 4.79 Å². The van der Waals surface area contributed by atoms with E-state index in [0.29, 0.717) is 30.7 Å². The summed E-state index contributed by atoms with van der Waals surface area (Å²) in [6.45, 7) is 1.97. The molecule has 0 radical (unpaired) electrons. The van der Waals surface area contributed by atoms with Crippen LogP contribution in [0.1, 0.15) is 30.1 Å². The van der Waals surface area contributed by atoms with Gasteiger partial charge in [-0.2, -0.15) is 0 Å². The molecule has 23 heavy (non-hydrogen) atoms. The maximum atomic E-state index is 11.9. The number of hydrogen-bond acceptors (Lipinski definition) is 3. The van der Waals surface area contributed by atoms with Gasteiger partial charge in [-0.1, -0.05) is 34.1 Å². The Morgan fingerprint density at radius 1 is 1.13 bits per heavy atom. The minimum absolute atomic E-state index is 0.0245. The van der Waals surface area contributed by atoms with E-state index in [-0.39, 0.29) is 11.7 Å². The highest BCUT2D eigenvalue weighted by molar-refractivity contribution is 9.10. The van der Waals surface area contributed by atoms with Crippen molar-refractivity contribution in [3.05, 3.63) is 58.6 Å². The molecule has 0 aliphatic heterocycles. The van der Waals surface area contributed by atoms with Crippen molar-refractivity contribution in [2.45, 2.75) is 19.8 Å². The zero-order valence-electron chi connectivity index (χ0n) is 12.8. The third-order valence-corrected chi connectivity index (χ3v) is 3.66. The number of ether oxygens (including phenoxy) is 1. The zero-order valence-corrected chi connectivity index (χ0v) is 14.4. The second kappa shape index (κ2) is 8.48. The molecule has 0 unspecified atom stereocenters. The molecule has 0 saturated heterocycles. The molecule has 120 valence electrons. The molecule has 2 rings (SSSR count). The van der Waals surface area contributed by atoms with Gasteiger partial charge in [0.05, 0.1) is 6.61 Å². The summed E-state index contributed by atoms with van der Waals surface area (Å²) in [5.41, 5.74) is 1.22. The van der Waals surface area contributed by atoms with Crippen molar-refractivity contribution in [3.63, 3.8) is 0 Å². The highest BCUT2D eigenvalue weighted by atomic mass is 79.9. The maximum absolute atomic E-state index is 11.9. The first-order chi connectivity index (χ1) is 11.0. The van der Waals surface area contributed by atoms with Crippen LogP contribution in [0, 0.1) is 0 Å². The molecule has 0 aliphatic carbocycles. The van der Waals surface area contributed by atoms with Gasteiger partial charge < -0.3 is 10.1 Å². The molecule has 0 fully saturated rings. The smallest absolute Gasteiger partial charge is 0.224 e. The molecule has 4 nitrogen and oxygen atoms in total. The first-order valence-corrected chi connectivity index (χ1v) is 8.13. The van der Waals surface area contributed by atoms with Gasteiger partial charge in [-0.05, 0) is 43.7 Å². The summed E-state index contributed by atoms with van der Waals surface area (Å²) >= 11 is 3.38. The van der Waals surface area contributed by atoms with E-state index in [0.717, 1.165) is 10.2 Å². The fraction of sp³-hybridized carbons (Fsp3) is 0.222. The van der Waals surface area contributed by atoms with Gasteiger partial charge in [0, 0.05) is 22.1 Å². The number of anilines is 1. The lowest BCUT2D eigenvalue weighted by Crippen LogP contribution is -2.13. The molecular weight excluding hydrogens is 358 g/mol. The lowest BCUT2D eigenvalue weighted by molar-refractivity contribution is -0.116. The summed E-state index contributed by atoms with van der Waals surface area (Å²) in [4.78, 5) is 23.2. The van der Waals surface area contributed by atoms with Crippen molar-refractivity contribution in [1.82, 2.24) is 0 Å². The fourth-order valence-corrected chi connectivity index (χ4v) is 2.40. The van der Waals surface area contributed by atoms with Crippen LogP contribution >= 0.6 is 15.9 Å². The predicted octanol–water partition coefficient (Wildman–Crippen LogP) is 4.45. The van der Waals surface area contributed by atoms with Crippen LogP contribution in [0.15, 0.2) is 53.0 Å². The number of Topliss-reactive ketones (excluding diaryl/α,β-unsaturated/α-hetero) is 1. The Hall–Kier alpha value is -2.14. The number of benzene rings is 2. The molecule has 0 spiro atoms. The summed E-state index contributed by atoms with van der Waals surface area (Å²) in [5, 5.41) is 2.79. The average Bonchev–Trinajstić information content (AvgIpc) is 2.52. The third kappa shape index (κ3) is 5.87. The summed E-state index contributed by atoms with van der Waals surface area (Å²) in [6, 6.07) is 14.5. The van der Waals surface area contributed by atoms with E-state index >= 15 is 0 Å². The molecular formula is C18H18BrNO3. The van der Waals surface area contributed by atoms with Crippen LogP contribution in [0.5, 0.6) is 5.75 Å². The number of nitrogens with one attached hydrogen (secondary N) is 1. The first-order valence-electron chi connectivity index (χ1n) is 7.34. The Morgan fingerprint density at radius 3 is 2.65 bits per heavy atom. The standard InChI is InChI=1S/C18H18BrNO3/c1-13(21)14-5-2-7-16(11-14)20-18(22)9-4-10-23-17-8-3-6-15(19)12-17/h2-3,5-8,11-12H,4,9-10H2,1H3,(H,20,22). The number of hydrogen-bond donors (Lipinski definition) is 1. The SMILES string of the molecule is CC(=O)c1cccc(NC(=O)CCCOc2cccc(Br)c2)c1. The van der Waals surface area contributed by atoms with E-state index in [1.807, 2.05) is 24.3 Å². The lowest BCUT2D eigenvalue weighted by atomic mass is 10.1. The topological polar surface area (TPSA) is 55.4 Å². The minimum Gasteiger partial charge on any atom is -0.494 e. The minimum atomic E-state index is -0.0939. The molecule has 0 atom stereocenters. The molecule has 0 aliphatic rings. The van der Waals surface area contributed by atoms with E-state index in [1.165, 1.54) is 6.92 Å². The number of ketones is 1. The van der Waals surface area contributed by atoms with Crippen molar-refractivity contribution in [2.24, 2.45) is 0 Å². The van der Waals surface area contributed by atoms with Gasteiger partial charge in [-0.25, -0.2) is 0 Å². The quantitative estimate of drug-likeness (QED) is 0.574. The molecule has 0 saturated carbocycles. The van der Waals surface area contributed by atoms with E-state index in [4.69, 9.17) is 4.74 Å². The van der Waals surface area contributed by atoms with Gasteiger partial charge in [0.2, 0.25) is 5.91 Å².